The van der Waals surface area contributed by atoms with Crippen LogP contribution >= 0.6 is 34.8 Å². The first-order valence-electron chi connectivity index (χ1n) is 6.70. The Hall–Kier alpha value is -1.75. The van der Waals surface area contributed by atoms with Gasteiger partial charge in [-0.1, -0.05) is 53.0 Å². The molecule has 2 aromatic carbocycles. The van der Waals surface area contributed by atoms with Gasteiger partial charge in [0.25, 0.3) is 5.91 Å². The monoisotopic (exact) mass is 370 g/mol. The van der Waals surface area contributed by atoms with Gasteiger partial charge in [0.2, 0.25) is 5.91 Å². The smallest absolute Gasteiger partial charge is 0.253 e. The van der Waals surface area contributed by atoms with Gasteiger partial charge in [0.1, 0.15) is 0 Å². The Morgan fingerprint density at radius 1 is 0.913 bits per heavy atom. The summed E-state index contributed by atoms with van der Waals surface area (Å²) in [6.45, 7) is 0.123. The van der Waals surface area contributed by atoms with Crippen molar-refractivity contribution in [2.24, 2.45) is 0 Å². The first kappa shape index (κ1) is 17.6. The molecule has 0 aliphatic rings. The molecule has 0 radical (unpaired) electrons. The van der Waals surface area contributed by atoms with Gasteiger partial charge in [-0.25, -0.2) is 0 Å². The first-order valence-corrected chi connectivity index (χ1v) is 7.84. The zero-order valence-electron chi connectivity index (χ0n) is 11.9. The number of amides is 2. The number of nitrogens with one attached hydrogen (secondary N) is 2. The van der Waals surface area contributed by atoms with E-state index in [1.54, 1.807) is 12.1 Å². The number of hydrogen-bond donors (Lipinski definition) is 2. The van der Waals surface area contributed by atoms with Gasteiger partial charge in [-0.3, -0.25) is 9.59 Å². The van der Waals surface area contributed by atoms with Crippen LogP contribution in [0.15, 0.2) is 42.5 Å². The summed E-state index contributed by atoms with van der Waals surface area (Å²) in [5, 5.41) is 6.41. The summed E-state index contributed by atoms with van der Waals surface area (Å²) in [5.41, 5.74) is 1.06. The van der Waals surface area contributed by atoms with Crippen molar-refractivity contribution in [3.05, 3.63) is 68.7 Å². The maximum absolute atomic E-state index is 12.0. The van der Waals surface area contributed by atoms with Gasteiger partial charge in [0, 0.05) is 16.6 Å². The molecule has 0 aliphatic carbocycles. The van der Waals surface area contributed by atoms with Crippen LogP contribution in [-0.4, -0.2) is 18.4 Å². The second kappa shape index (κ2) is 8.20. The van der Waals surface area contributed by atoms with Crippen molar-refractivity contribution in [2.45, 2.75) is 6.54 Å². The van der Waals surface area contributed by atoms with E-state index in [9.17, 15) is 9.59 Å². The van der Waals surface area contributed by atoms with E-state index in [0.29, 0.717) is 10.0 Å². The first-order chi connectivity index (χ1) is 11.0. The molecule has 0 fully saturated rings. The number of benzene rings is 2. The van der Waals surface area contributed by atoms with E-state index in [4.69, 9.17) is 34.8 Å². The van der Waals surface area contributed by atoms with Crippen LogP contribution in [0.5, 0.6) is 0 Å². The number of hydrogen-bond acceptors (Lipinski definition) is 2. The van der Waals surface area contributed by atoms with Gasteiger partial charge < -0.3 is 10.6 Å². The van der Waals surface area contributed by atoms with Crippen molar-refractivity contribution in [2.75, 3.05) is 6.54 Å². The molecule has 0 unspecified atom stereocenters. The standard InChI is InChI=1S/C16H13Cl3N2O2/c17-11-5-6-12(14(19)7-11)16(23)21-9-15(22)20-8-10-3-1-2-4-13(10)18/h1-7H,8-9H2,(H,20,22)(H,21,23). The molecule has 7 heteroatoms. The van der Waals surface area contributed by atoms with Crippen LogP contribution in [0.1, 0.15) is 15.9 Å². The predicted octanol–water partition coefficient (Wildman–Crippen LogP) is 3.69. The summed E-state index contributed by atoms with van der Waals surface area (Å²) in [5.74, 6) is -0.775. The lowest BCUT2D eigenvalue weighted by atomic mass is 10.2. The number of carbonyl (C=O) groups excluding carboxylic acids is 2. The molecule has 23 heavy (non-hydrogen) atoms. The van der Waals surface area contributed by atoms with Gasteiger partial charge >= 0.3 is 0 Å². The van der Waals surface area contributed by atoms with Crippen LogP contribution in [0.2, 0.25) is 15.1 Å². The normalized spacial score (nSPS) is 10.2. The second-order valence-corrected chi connectivity index (χ2v) is 5.93. The Balaban J connectivity index is 1.84. The topological polar surface area (TPSA) is 58.2 Å². The molecular formula is C16H13Cl3N2O2. The van der Waals surface area contributed by atoms with Crippen molar-refractivity contribution < 1.29 is 9.59 Å². The third-order valence-corrected chi connectivity index (χ3v) is 3.94. The Kier molecular flexibility index (Phi) is 6.28. The average molecular weight is 372 g/mol. The summed E-state index contributed by atoms with van der Waals surface area (Å²) in [6, 6.07) is 11.7. The van der Waals surface area contributed by atoms with Gasteiger partial charge in [0.15, 0.2) is 0 Å². The van der Waals surface area contributed by atoms with Crippen molar-refractivity contribution in [1.82, 2.24) is 10.6 Å². The zero-order valence-corrected chi connectivity index (χ0v) is 14.2. The van der Waals surface area contributed by atoms with E-state index < -0.39 is 5.91 Å². The summed E-state index contributed by atoms with van der Waals surface area (Å²) in [7, 11) is 0. The van der Waals surface area contributed by atoms with Gasteiger partial charge in [-0.05, 0) is 29.8 Å². The van der Waals surface area contributed by atoms with Crippen LogP contribution in [-0.2, 0) is 11.3 Å². The average Bonchev–Trinajstić information content (AvgIpc) is 2.52. The van der Waals surface area contributed by atoms with Crippen molar-refractivity contribution >= 4 is 46.6 Å². The SMILES string of the molecule is O=C(CNC(=O)c1ccc(Cl)cc1Cl)NCc1ccccc1Cl. The highest BCUT2D eigenvalue weighted by Crippen LogP contribution is 2.20. The minimum atomic E-state index is -0.445. The molecule has 0 aliphatic heterocycles. The fourth-order valence-electron chi connectivity index (χ4n) is 1.83. The van der Waals surface area contributed by atoms with Crippen LogP contribution in [0.25, 0.3) is 0 Å². The lowest BCUT2D eigenvalue weighted by molar-refractivity contribution is -0.120. The molecule has 0 spiro atoms. The predicted molar refractivity (Wildman–Crippen MR) is 92.1 cm³/mol. The van der Waals surface area contributed by atoms with Crippen LogP contribution in [0.3, 0.4) is 0 Å². The third-order valence-electron chi connectivity index (χ3n) is 3.02. The molecule has 2 amide bonds. The molecule has 4 nitrogen and oxygen atoms in total. The third kappa shape index (κ3) is 5.13. The van der Waals surface area contributed by atoms with Crippen molar-refractivity contribution in [1.29, 1.82) is 0 Å². The lowest BCUT2D eigenvalue weighted by Crippen LogP contribution is -2.36. The summed E-state index contributed by atoms with van der Waals surface area (Å²) >= 11 is 17.7. The molecule has 2 aromatic rings. The largest absolute Gasteiger partial charge is 0.350 e. The molecule has 0 aromatic heterocycles. The zero-order chi connectivity index (χ0) is 16.8. The minimum absolute atomic E-state index is 0.164. The molecule has 0 saturated carbocycles. The fraction of sp³-hybridized carbons (Fsp3) is 0.125. The highest BCUT2D eigenvalue weighted by Gasteiger charge is 2.12. The maximum atomic E-state index is 12.0. The Morgan fingerprint density at radius 2 is 1.65 bits per heavy atom. The maximum Gasteiger partial charge on any atom is 0.253 e. The molecule has 2 N–H and O–H groups in total. The number of carbonyl (C=O) groups is 2. The van der Waals surface area contributed by atoms with Crippen molar-refractivity contribution in [3.63, 3.8) is 0 Å². The van der Waals surface area contributed by atoms with E-state index in [0.717, 1.165) is 5.56 Å². The summed E-state index contributed by atoms with van der Waals surface area (Å²) in [4.78, 5) is 23.7. The van der Waals surface area contributed by atoms with Gasteiger partial charge in [0.05, 0.1) is 17.1 Å². The highest BCUT2D eigenvalue weighted by molar-refractivity contribution is 6.36. The molecule has 0 atom stereocenters. The molecule has 0 heterocycles. The van der Waals surface area contributed by atoms with Crippen molar-refractivity contribution in [3.8, 4) is 0 Å². The van der Waals surface area contributed by atoms with E-state index in [1.165, 1.54) is 12.1 Å². The van der Waals surface area contributed by atoms with Crippen LogP contribution in [0, 0.1) is 0 Å². The summed E-state index contributed by atoms with van der Waals surface area (Å²) < 4.78 is 0. The molecule has 0 saturated heterocycles. The molecule has 120 valence electrons. The minimum Gasteiger partial charge on any atom is -0.350 e. The van der Waals surface area contributed by atoms with E-state index in [2.05, 4.69) is 10.6 Å². The Labute approximate surface area is 148 Å². The van der Waals surface area contributed by atoms with Gasteiger partial charge in [-0.15, -0.1) is 0 Å². The Bertz CT molecular complexity index is 735. The molecule has 0 bridgehead atoms. The van der Waals surface area contributed by atoms with E-state index in [-0.39, 0.29) is 29.6 Å². The second-order valence-electron chi connectivity index (χ2n) is 4.67. The summed E-state index contributed by atoms with van der Waals surface area (Å²) in [6.07, 6.45) is 0. The fourth-order valence-corrected chi connectivity index (χ4v) is 2.52. The highest BCUT2D eigenvalue weighted by atomic mass is 35.5. The number of halogens is 3. The van der Waals surface area contributed by atoms with Crippen LogP contribution in [0.4, 0.5) is 0 Å². The van der Waals surface area contributed by atoms with E-state index >= 15 is 0 Å². The Morgan fingerprint density at radius 3 is 2.35 bits per heavy atom. The van der Waals surface area contributed by atoms with Gasteiger partial charge in [-0.2, -0.15) is 0 Å². The van der Waals surface area contributed by atoms with Crippen LogP contribution < -0.4 is 10.6 Å². The quantitative estimate of drug-likeness (QED) is 0.842. The number of rotatable bonds is 5. The molecular weight excluding hydrogens is 359 g/mol. The lowest BCUT2D eigenvalue weighted by Gasteiger charge is -2.09. The van der Waals surface area contributed by atoms with E-state index in [1.807, 2.05) is 18.2 Å². The molecule has 2 rings (SSSR count).